The molecule has 0 fully saturated rings. The van der Waals surface area contributed by atoms with Gasteiger partial charge >= 0.3 is 5.97 Å². The molecule has 1 aromatic heterocycles. The summed E-state index contributed by atoms with van der Waals surface area (Å²) in [5, 5.41) is 15.4. The summed E-state index contributed by atoms with van der Waals surface area (Å²) in [5.41, 5.74) is 7.53. The van der Waals surface area contributed by atoms with Gasteiger partial charge in [-0.1, -0.05) is 5.11 Å². The summed E-state index contributed by atoms with van der Waals surface area (Å²) in [6.07, 6.45) is 1.68. The molecule has 0 radical (unpaired) electrons. The topological polar surface area (TPSA) is 128 Å². The number of nitrogens with zero attached hydrogens (tertiary/aromatic N) is 4. The van der Waals surface area contributed by atoms with Crippen LogP contribution in [0.1, 0.15) is 50.2 Å². The third-order valence-electron chi connectivity index (χ3n) is 3.30. The molecule has 0 saturated heterocycles. The Morgan fingerprint density at radius 2 is 2.00 bits per heavy atom. The smallest absolute Gasteiger partial charge is 0.309 e. The van der Waals surface area contributed by atoms with E-state index in [1.54, 1.807) is 39.8 Å². The normalized spacial score (nSPS) is 11.5. The number of azide groups is 1. The molecule has 0 aliphatic heterocycles. The van der Waals surface area contributed by atoms with Crippen LogP contribution >= 0.6 is 0 Å². The maximum atomic E-state index is 12.3. The van der Waals surface area contributed by atoms with Gasteiger partial charge in [-0.25, -0.2) is 0 Å². The number of amides is 1. The SMILES string of the molecule is CC(C)(CC(C)(C)C(=O)O)NC(=O)c1ccc(CN=[N+]=[N-])nc1. The van der Waals surface area contributed by atoms with E-state index < -0.39 is 16.9 Å². The Hall–Kier alpha value is -2.60. The Bertz CT molecular complexity index is 631. The molecule has 124 valence electrons. The minimum Gasteiger partial charge on any atom is -0.481 e. The summed E-state index contributed by atoms with van der Waals surface area (Å²) in [6.45, 7) is 6.92. The molecule has 0 atom stereocenters. The second kappa shape index (κ2) is 7.11. The molecule has 8 heteroatoms. The van der Waals surface area contributed by atoms with Gasteiger partial charge in [-0.2, -0.15) is 0 Å². The second-order valence-electron chi connectivity index (χ2n) is 6.63. The Morgan fingerprint density at radius 1 is 1.35 bits per heavy atom. The summed E-state index contributed by atoms with van der Waals surface area (Å²) in [7, 11) is 0. The number of carbonyl (C=O) groups excluding carboxylic acids is 1. The number of rotatable bonds is 7. The van der Waals surface area contributed by atoms with Crippen molar-refractivity contribution in [3.63, 3.8) is 0 Å². The Kier molecular flexibility index (Phi) is 5.70. The van der Waals surface area contributed by atoms with Crippen LogP contribution in [0.4, 0.5) is 0 Å². The van der Waals surface area contributed by atoms with Crippen molar-refractivity contribution in [2.75, 3.05) is 0 Å². The molecule has 0 spiro atoms. The molecule has 1 rings (SSSR count). The highest BCUT2D eigenvalue weighted by Gasteiger charge is 2.35. The summed E-state index contributed by atoms with van der Waals surface area (Å²) in [5.74, 6) is -1.25. The predicted molar refractivity (Wildman–Crippen MR) is 84.7 cm³/mol. The van der Waals surface area contributed by atoms with Crippen molar-refractivity contribution in [3.05, 3.63) is 40.0 Å². The van der Waals surface area contributed by atoms with E-state index >= 15 is 0 Å². The number of hydrogen-bond acceptors (Lipinski definition) is 4. The average molecular weight is 319 g/mol. The summed E-state index contributed by atoms with van der Waals surface area (Å²) in [4.78, 5) is 30.2. The number of pyridine rings is 1. The fourth-order valence-electron chi connectivity index (χ4n) is 2.36. The largest absolute Gasteiger partial charge is 0.481 e. The van der Waals surface area contributed by atoms with Gasteiger partial charge in [-0.3, -0.25) is 14.6 Å². The molecule has 0 bridgehead atoms. The number of nitrogens with one attached hydrogen (secondary N) is 1. The highest BCUT2D eigenvalue weighted by atomic mass is 16.4. The van der Waals surface area contributed by atoms with Gasteiger partial charge < -0.3 is 10.4 Å². The van der Waals surface area contributed by atoms with Gasteiger partial charge in [0.1, 0.15) is 0 Å². The first-order valence-corrected chi connectivity index (χ1v) is 7.09. The first-order chi connectivity index (χ1) is 10.6. The molecule has 8 nitrogen and oxygen atoms in total. The van der Waals surface area contributed by atoms with E-state index in [1.165, 1.54) is 6.20 Å². The van der Waals surface area contributed by atoms with Crippen LogP contribution < -0.4 is 5.32 Å². The number of carbonyl (C=O) groups is 2. The lowest BCUT2D eigenvalue weighted by atomic mass is 9.80. The van der Waals surface area contributed by atoms with Crippen LogP contribution in [0.15, 0.2) is 23.4 Å². The standard InChI is InChI=1S/C15H21N5O3/c1-14(2,13(22)23)9-15(3,4)19-12(21)10-5-6-11(17-7-10)8-18-20-16/h5-7H,8-9H2,1-4H3,(H,19,21)(H,22,23). The Balaban J connectivity index is 2.78. The summed E-state index contributed by atoms with van der Waals surface area (Å²) in [6, 6.07) is 3.20. The Morgan fingerprint density at radius 3 is 2.48 bits per heavy atom. The summed E-state index contributed by atoms with van der Waals surface area (Å²) >= 11 is 0. The zero-order chi connectivity index (χ0) is 17.7. The maximum absolute atomic E-state index is 12.3. The van der Waals surface area contributed by atoms with Gasteiger partial charge in [0.25, 0.3) is 5.91 Å². The minimum atomic E-state index is -0.950. The molecule has 0 unspecified atom stereocenters. The maximum Gasteiger partial charge on any atom is 0.309 e. The first-order valence-electron chi connectivity index (χ1n) is 7.09. The molecule has 0 aliphatic rings. The van der Waals surface area contributed by atoms with Gasteiger partial charge in [0.2, 0.25) is 0 Å². The van der Waals surface area contributed by atoms with Crippen molar-refractivity contribution in [2.24, 2.45) is 10.5 Å². The van der Waals surface area contributed by atoms with Crippen LogP contribution in [0.2, 0.25) is 0 Å². The van der Waals surface area contributed by atoms with E-state index in [1.807, 2.05) is 0 Å². The third kappa shape index (κ3) is 5.60. The monoisotopic (exact) mass is 319 g/mol. The first kappa shape index (κ1) is 18.4. The highest BCUT2D eigenvalue weighted by Crippen LogP contribution is 2.28. The Labute approximate surface area is 134 Å². The van der Waals surface area contributed by atoms with E-state index in [4.69, 9.17) is 5.53 Å². The van der Waals surface area contributed by atoms with E-state index in [0.717, 1.165) is 0 Å². The van der Waals surface area contributed by atoms with E-state index in [-0.39, 0.29) is 18.9 Å². The molecule has 0 aliphatic carbocycles. The van der Waals surface area contributed by atoms with Crippen molar-refractivity contribution in [3.8, 4) is 0 Å². The molecule has 1 heterocycles. The lowest BCUT2D eigenvalue weighted by Gasteiger charge is -2.33. The lowest BCUT2D eigenvalue weighted by molar-refractivity contribution is -0.148. The van der Waals surface area contributed by atoms with Crippen LogP contribution in [-0.2, 0) is 11.3 Å². The lowest BCUT2D eigenvalue weighted by Crippen LogP contribution is -2.47. The fraction of sp³-hybridized carbons (Fsp3) is 0.533. The van der Waals surface area contributed by atoms with E-state index in [2.05, 4.69) is 20.3 Å². The quantitative estimate of drug-likeness (QED) is 0.455. The predicted octanol–water partition coefficient (Wildman–Crippen LogP) is 2.90. The molecular formula is C15H21N5O3. The molecule has 0 aromatic carbocycles. The van der Waals surface area contributed by atoms with Crippen LogP contribution in [-0.4, -0.2) is 27.5 Å². The van der Waals surface area contributed by atoms with Gasteiger partial charge in [0.05, 0.1) is 17.5 Å². The van der Waals surface area contributed by atoms with Crippen LogP contribution in [0.5, 0.6) is 0 Å². The number of aliphatic carboxylic acids is 1. The fourth-order valence-corrected chi connectivity index (χ4v) is 2.36. The molecule has 1 amide bonds. The molecule has 2 N–H and O–H groups in total. The van der Waals surface area contributed by atoms with Gasteiger partial charge in [0, 0.05) is 22.3 Å². The molecule has 23 heavy (non-hydrogen) atoms. The minimum absolute atomic E-state index is 0.122. The second-order valence-corrected chi connectivity index (χ2v) is 6.63. The van der Waals surface area contributed by atoms with Gasteiger partial charge in [0.15, 0.2) is 0 Å². The molecule has 0 saturated carbocycles. The number of carboxylic acids is 1. The van der Waals surface area contributed by atoms with Crippen LogP contribution in [0.25, 0.3) is 10.4 Å². The van der Waals surface area contributed by atoms with Crippen LogP contribution in [0.3, 0.4) is 0 Å². The van der Waals surface area contributed by atoms with E-state index in [0.29, 0.717) is 11.3 Å². The number of hydrogen-bond donors (Lipinski definition) is 2. The highest BCUT2D eigenvalue weighted by molar-refractivity contribution is 5.94. The van der Waals surface area contributed by atoms with Crippen molar-refractivity contribution < 1.29 is 14.7 Å². The summed E-state index contributed by atoms with van der Waals surface area (Å²) < 4.78 is 0. The molecular weight excluding hydrogens is 298 g/mol. The molecule has 1 aromatic rings. The number of aromatic nitrogens is 1. The van der Waals surface area contributed by atoms with Gasteiger partial charge in [-0.15, -0.1) is 0 Å². The van der Waals surface area contributed by atoms with Crippen LogP contribution in [0, 0.1) is 5.41 Å². The number of carboxylic acid groups (broad SMARTS) is 1. The van der Waals surface area contributed by atoms with Gasteiger partial charge in [-0.05, 0) is 51.8 Å². The van der Waals surface area contributed by atoms with Crippen molar-refractivity contribution in [2.45, 2.75) is 46.2 Å². The third-order valence-corrected chi connectivity index (χ3v) is 3.30. The van der Waals surface area contributed by atoms with Crippen molar-refractivity contribution in [1.29, 1.82) is 0 Å². The zero-order valence-electron chi connectivity index (χ0n) is 13.7. The average Bonchev–Trinajstić information content (AvgIpc) is 2.43. The zero-order valence-corrected chi connectivity index (χ0v) is 13.7. The van der Waals surface area contributed by atoms with E-state index in [9.17, 15) is 14.7 Å². The van der Waals surface area contributed by atoms with Crippen molar-refractivity contribution in [1.82, 2.24) is 10.3 Å². The van der Waals surface area contributed by atoms with Crippen molar-refractivity contribution >= 4 is 11.9 Å².